The molecule has 4 aliphatic heterocycles. The van der Waals surface area contributed by atoms with Gasteiger partial charge in [-0.2, -0.15) is 0 Å². The molecule has 1 aliphatic carbocycles. The molecule has 5 rings (SSSR count). The Hall–Kier alpha value is -1.32. The van der Waals surface area contributed by atoms with Crippen molar-refractivity contribution in [2.75, 3.05) is 0 Å². The zero-order valence-electron chi connectivity index (χ0n) is 8.93. The van der Waals surface area contributed by atoms with Crippen molar-refractivity contribution in [2.24, 2.45) is 20.0 Å². The molecule has 4 heterocycles. The highest BCUT2D eigenvalue weighted by Crippen LogP contribution is 2.36. The fourth-order valence-corrected chi connectivity index (χ4v) is 2.85. The topological polar surface area (TPSA) is 49.4 Å². The summed E-state index contributed by atoms with van der Waals surface area (Å²) in [4.78, 5) is 18.1. The van der Waals surface area contributed by atoms with Crippen molar-refractivity contribution in [3.8, 4) is 0 Å². The van der Waals surface area contributed by atoms with Crippen LogP contribution in [0.15, 0.2) is 20.0 Å². The second kappa shape index (κ2) is 2.34. The van der Waals surface area contributed by atoms with Gasteiger partial charge in [0, 0.05) is 48.5 Å². The summed E-state index contributed by atoms with van der Waals surface area (Å²) in [5.74, 6) is 0. The van der Waals surface area contributed by atoms with Crippen molar-refractivity contribution < 1.29 is 0 Å². The van der Waals surface area contributed by atoms with E-state index in [1.807, 2.05) is 0 Å². The van der Waals surface area contributed by atoms with Gasteiger partial charge in [0.1, 0.15) is 0 Å². The first-order valence-corrected chi connectivity index (χ1v) is 6.13. The second-order valence-corrected chi connectivity index (χ2v) is 5.36. The van der Waals surface area contributed by atoms with Gasteiger partial charge in [-0.25, -0.2) is 0 Å². The van der Waals surface area contributed by atoms with Crippen LogP contribution in [0.3, 0.4) is 0 Å². The smallest absolute Gasteiger partial charge is 0.0930 e. The summed E-state index contributed by atoms with van der Waals surface area (Å²) in [5.41, 5.74) is 5.54. The second-order valence-electron chi connectivity index (χ2n) is 5.36. The van der Waals surface area contributed by atoms with E-state index < -0.39 is 0 Å². The minimum absolute atomic E-state index is 0.497. The van der Waals surface area contributed by atoms with Crippen molar-refractivity contribution in [3.05, 3.63) is 0 Å². The van der Waals surface area contributed by atoms with Crippen molar-refractivity contribution in [1.29, 1.82) is 0 Å². The van der Waals surface area contributed by atoms with Crippen molar-refractivity contribution in [1.82, 2.24) is 0 Å². The molecule has 16 heavy (non-hydrogen) atoms. The van der Waals surface area contributed by atoms with E-state index in [4.69, 9.17) is 0 Å². The SMILES string of the molecule is C1C2=NC2CC2=NC2CC2=NC2CC2=NC12. The Morgan fingerprint density at radius 1 is 0.500 bits per heavy atom. The summed E-state index contributed by atoms with van der Waals surface area (Å²) in [6.45, 7) is 0. The molecular formula is C12H12N4. The highest BCUT2D eigenvalue weighted by atomic mass is 15.1. The molecule has 0 spiro atoms. The molecule has 0 aromatic rings. The van der Waals surface area contributed by atoms with Crippen LogP contribution in [0.1, 0.15) is 25.7 Å². The van der Waals surface area contributed by atoms with Gasteiger partial charge in [-0.1, -0.05) is 0 Å². The fourth-order valence-electron chi connectivity index (χ4n) is 2.85. The number of hydrogen-bond acceptors (Lipinski definition) is 4. The van der Waals surface area contributed by atoms with E-state index in [2.05, 4.69) is 20.0 Å². The average molecular weight is 212 g/mol. The zero-order valence-corrected chi connectivity index (χ0v) is 8.93. The Kier molecular flexibility index (Phi) is 1.15. The highest BCUT2D eigenvalue weighted by Gasteiger charge is 2.45. The fraction of sp³-hybridized carbons (Fsp3) is 0.667. The summed E-state index contributed by atoms with van der Waals surface area (Å²) >= 11 is 0. The normalized spacial score (nSPS) is 46.0. The molecule has 4 nitrogen and oxygen atoms in total. The summed E-state index contributed by atoms with van der Waals surface area (Å²) in [6.07, 6.45) is 4.33. The third-order valence-corrected chi connectivity index (χ3v) is 4.16. The summed E-state index contributed by atoms with van der Waals surface area (Å²) in [7, 11) is 0. The van der Waals surface area contributed by atoms with Crippen molar-refractivity contribution >= 4 is 22.8 Å². The highest BCUT2D eigenvalue weighted by molar-refractivity contribution is 6.17. The van der Waals surface area contributed by atoms with Crippen LogP contribution in [0.2, 0.25) is 0 Å². The Balaban J connectivity index is 1.34. The van der Waals surface area contributed by atoms with Gasteiger partial charge in [-0.3, -0.25) is 20.0 Å². The van der Waals surface area contributed by atoms with Crippen molar-refractivity contribution in [2.45, 2.75) is 49.9 Å². The zero-order chi connectivity index (χ0) is 10.3. The molecule has 0 N–H and O–H groups in total. The van der Waals surface area contributed by atoms with E-state index in [9.17, 15) is 0 Å². The Labute approximate surface area is 93.3 Å². The van der Waals surface area contributed by atoms with Gasteiger partial charge in [-0.15, -0.1) is 0 Å². The molecule has 1 saturated carbocycles. The van der Waals surface area contributed by atoms with Crippen LogP contribution in [0.5, 0.6) is 0 Å². The first kappa shape index (κ1) is 7.87. The predicted octanol–water partition coefficient (Wildman–Crippen LogP) is 0.853. The molecule has 0 bridgehead atoms. The molecule has 0 saturated heterocycles. The predicted molar refractivity (Wildman–Crippen MR) is 63.4 cm³/mol. The minimum atomic E-state index is 0.497. The largest absolute Gasteiger partial charge is 0.282 e. The molecule has 4 unspecified atom stereocenters. The van der Waals surface area contributed by atoms with Gasteiger partial charge < -0.3 is 0 Å². The molecular weight excluding hydrogens is 200 g/mol. The minimum Gasteiger partial charge on any atom is -0.282 e. The van der Waals surface area contributed by atoms with E-state index in [0.717, 1.165) is 25.7 Å². The maximum Gasteiger partial charge on any atom is 0.0930 e. The number of aliphatic imine (C=N–C) groups is 4. The molecule has 0 radical (unpaired) electrons. The summed E-state index contributed by atoms with van der Waals surface area (Å²) < 4.78 is 0. The van der Waals surface area contributed by atoms with E-state index in [1.54, 1.807) is 0 Å². The maximum atomic E-state index is 4.54. The first-order chi connectivity index (χ1) is 7.87. The molecule has 0 amide bonds. The molecule has 1 fully saturated rings. The van der Waals surface area contributed by atoms with Gasteiger partial charge >= 0.3 is 0 Å². The lowest BCUT2D eigenvalue weighted by atomic mass is 10.0. The first-order valence-electron chi connectivity index (χ1n) is 6.13. The molecule has 5 aliphatic rings. The molecule has 4 heteroatoms. The third-order valence-electron chi connectivity index (χ3n) is 4.16. The van der Waals surface area contributed by atoms with Crippen LogP contribution < -0.4 is 0 Å². The van der Waals surface area contributed by atoms with E-state index >= 15 is 0 Å². The summed E-state index contributed by atoms with van der Waals surface area (Å²) in [6, 6.07) is 1.99. The van der Waals surface area contributed by atoms with Crippen LogP contribution in [-0.4, -0.2) is 47.0 Å². The lowest BCUT2D eigenvalue weighted by Crippen LogP contribution is -2.14. The Bertz CT molecular complexity index is 429. The van der Waals surface area contributed by atoms with Crippen LogP contribution in [0.4, 0.5) is 0 Å². The Morgan fingerprint density at radius 2 is 0.750 bits per heavy atom. The van der Waals surface area contributed by atoms with E-state index in [1.165, 1.54) is 22.8 Å². The molecule has 80 valence electrons. The molecule has 0 aromatic carbocycles. The quantitative estimate of drug-likeness (QED) is 0.571. The molecule has 0 aromatic heterocycles. The maximum absolute atomic E-state index is 4.54. The molecule has 4 atom stereocenters. The van der Waals surface area contributed by atoms with E-state index in [0.29, 0.717) is 24.2 Å². The van der Waals surface area contributed by atoms with Gasteiger partial charge in [-0.05, 0) is 0 Å². The Morgan fingerprint density at radius 3 is 1.00 bits per heavy atom. The third kappa shape index (κ3) is 1.16. The van der Waals surface area contributed by atoms with Crippen LogP contribution >= 0.6 is 0 Å². The van der Waals surface area contributed by atoms with E-state index in [-0.39, 0.29) is 0 Å². The van der Waals surface area contributed by atoms with Crippen LogP contribution in [0, 0.1) is 0 Å². The summed E-state index contributed by atoms with van der Waals surface area (Å²) in [5, 5.41) is 0. The number of rotatable bonds is 0. The van der Waals surface area contributed by atoms with Gasteiger partial charge in [0.2, 0.25) is 0 Å². The van der Waals surface area contributed by atoms with Crippen molar-refractivity contribution in [3.63, 3.8) is 0 Å². The monoisotopic (exact) mass is 212 g/mol. The lowest BCUT2D eigenvalue weighted by Gasteiger charge is -1.97. The number of nitrogens with zero attached hydrogens (tertiary/aromatic N) is 4. The van der Waals surface area contributed by atoms with Gasteiger partial charge in [0.05, 0.1) is 24.2 Å². The average Bonchev–Trinajstić information content (AvgIpc) is 3.01. The number of fused-ring (bicyclic) bond motifs is 4. The lowest BCUT2D eigenvalue weighted by molar-refractivity contribution is 0.959. The van der Waals surface area contributed by atoms with Gasteiger partial charge in [0.25, 0.3) is 0 Å². The standard InChI is InChI=1S/C12H12N4/c1-5-7(13-5)2-9-11(15-9)4-12-10(16-12)3-8-6(1)14-8/h5,8-9,12H,1-4H2. The van der Waals surface area contributed by atoms with Crippen LogP contribution in [0.25, 0.3) is 0 Å². The number of hydrogen-bond donors (Lipinski definition) is 0. The van der Waals surface area contributed by atoms with Crippen LogP contribution in [-0.2, 0) is 0 Å². The van der Waals surface area contributed by atoms with Gasteiger partial charge in [0.15, 0.2) is 0 Å².